The molecule has 4 nitrogen and oxygen atoms in total. The molecule has 88 valence electrons. The highest BCUT2D eigenvalue weighted by molar-refractivity contribution is 6.31. The third-order valence-electron chi connectivity index (χ3n) is 3.11. The second kappa shape index (κ2) is 3.82. The smallest absolute Gasteiger partial charge is 0.251 e. The summed E-state index contributed by atoms with van der Waals surface area (Å²) in [5, 5.41) is 0.526. The van der Waals surface area contributed by atoms with Gasteiger partial charge in [0.05, 0.1) is 18.2 Å². The number of nitrogens with zero attached hydrogens (tertiary/aromatic N) is 2. The predicted octanol–water partition coefficient (Wildman–Crippen LogP) is 1.29. The van der Waals surface area contributed by atoms with Crippen LogP contribution in [0.25, 0.3) is 0 Å². The van der Waals surface area contributed by atoms with Gasteiger partial charge in [0, 0.05) is 18.1 Å². The first kappa shape index (κ1) is 10.7. The summed E-state index contributed by atoms with van der Waals surface area (Å²) in [6.07, 6.45) is 0.283. The highest BCUT2D eigenvalue weighted by Crippen LogP contribution is 2.29. The summed E-state index contributed by atoms with van der Waals surface area (Å²) in [6, 6.07) is 6.57. The summed E-state index contributed by atoms with van der Waals surface area (Å²) in [5.41, 5.74) is 0.567. The van der Waals surface area contributed by atoms with Crippen molar-refractivity contribution < 1.29 is 9.59 Å². The molecule has 2 amide bonds. The highest BCUT2D eigenvalue weighted by Gasteiger charge is 2.45. The van der Waals surface area contributed by atoms with Gasteiger partial charge in [-0.15, -0.1) is 0 Å². The van der Waals surface area contributed by atoms with E-state index in [2.05, 4.69) is 0 Å². The molecule has 0 spiro atoms. The summed E-state index contributed by atoms with van der Waals surface area (Å²) in [5.74, 6) is -0.274. The first-order valence-electron chi connectivity index (χ1n) is 5.53. The summed E-state index contributed by atoms with van der Waals surface area (Å²) in [6.45, 7) is 1.82. The topological polar surface area (TPSA) is 40.4 Å². The molecule has 3 rings (SSSR count). The number of rotatable bonds is 2. The standard InChI is InChI=1S/C12H11ClN2O2/c13-8-2-1-3-9(6-8)15-11(16)7-10(12(15)17)14-4-5-14/h1-3,6,10H,4-5,7H2/t10-/m1/s1. The number of amides is 2. The molecule has 0 unspecified atom stereocenters. The van der Waals surface area contributed by atoms with Crippen LogP contribution < -0.4 is 4.90 Å². The summed E-state index contributed by atoms with van der Waals surface area (Å²) in [7, 11) is 0. The van der Waals surface area contributed by atoms with E-state index in [1.54, 1.807) is 24.3 Å². The van der Waals surface area contributed by atoms with Crippen LogP contribution in [0.1, 0.15) is 6.42 Å². The molecule has 0 N–H and O–H groups in total. The lowest BCUT2D eigenvalue weighted by molar-refractivity contribution is -0.122. The molecule has 5 heteroatoms. The Bertz CT molecular complexity index is 499. The molecule has 0 aromatic heterocycles. The van der Waals surface area contributed by atoms with Crippen LogP contribution in [0.5, 0.6) is 0 Å². The van der Waals surface area contributed by atoms with E-state index in [9.17, 15) is 9.59 Å². The average Bonchev–Trinajstić information content (AvgIpc) is 3.06. The molecule has 2 heterocycles. The molecular weight excluding hydrogens is 240 g/mol. The Morgan fingerprint density at radius 2 is 2.00 bits per heavy atom. The van der Waals surface area contributed by atoms with Crippen molar-refractivity contribution in [3.05, 3.63) is 29.3 Å². The SMILES string of the molecule is O=C1C[C@@H](N2CC2)C(=O)N1c1cccc(Cl)c1. The van der Waals surface area contributed by atoms with Crippen molar-refractivity contribution in [3.8, 4) is 0 Å². The number of imide groups is 1. The zero-order valence-electron chi connectivity index (χ0n) is 9.10. The van der Waals surface area contributed by atoms with Crippen LogP contribution >= 0.6 is 11.6 Å². The summed E-state index contributed by atoms with van der Waals surface area (Å²) in [4.78, 5) is 27.3. The number of hydrogen-bond acceptors (Lipinski definition) is 3. The van der Waals surface area contributed by atoms with Gasteiger partial charge in [0.25, 0.3) is 5.91 Å². The first-order valence-corrected chi connectivity index (χ1v) is 5.91. The zero-order valence-corrected chi connectivity index (χ0v) is 9.85. The first-order chi connectivity index (χ1) is 8.16. The van der Waals surface area contributed by atoms with Gasteiger partial charge in [-0.05, 0) is 18.2 Å². The molecule has 0 aliphatic carbocycles. The van der Waals surface area contributed by atoms with E-state index in [0.29, 0.717) is 10.7 Å². The number of carbonyl (C=O) groups is 2. The zero-order chi connectivity index (χ0) is 12.0. The third-order valence-corrected chi connectivity index (χ3v) is 3.35. The quantitative estimate of drug-likeness (QED) is 0.587. The molecule has 17 heavy (non-hydrogen) atoms. The third kappa shape index (κ3) is 1.83. The summed E-state index contributed by atoms with van der Waals surface area (Å²) >= 11 is 5.87. The molecule has 0 saturated carbocycles. The van der Waals surface area contributed by atoms with Gasteiger partial charge in [0.15, 0.2) is 0 Å². The van der Waals surface area contributed by atoms with Crippen LogP contribution in [0, 0.1) is 0 Å². The highest BCUT2D eigenvalue weighted by atomic mass is 35.5. The van der Waals surface area contributed by atoms with E-state index >= 15 is 0 Å². The van der Waals surface area contributed by atoms with Gasteiger partial charge in [-0.2, -0.15) is 0 Å². The minimum absolute atomic E-state index is 0.130. The Balaban J connectivity index is 1.92. The van der Waals surface area contributed by atoms with E-state index in [0.717, 1.165) is 13.1 Å². The Kier molecular flexibility index (Phi) is 2.42. The van der Waals surface area contributed by atoms with E-state index < -0.39 is 0 Å². The van der Waals surface area contributed by atoms with Crippen molar-refractivity contribution in [1.82, 2.24) is 4.90 Å². The number of hydrogen-bond donors (Lipinski definition) is 0. The molecular formula is C12H11ClN2O2. The van der Waals surface area contributed by atoms with Crippen molar-refractivity contribution in [2.45, 2.75) is 12.5 Å². The second-order valence-corrected chi connectivity index (χ2v) is 4.74. The van der Waals surface area contributed by atoms with Gasteiger partial charge in [-0.1, -0.05) is 17.7 Å². The predicted molar refractivity (Wildman–Crippen MR) is 63.9 cm³/mol. The molecule has 2 aliphatic rings. The van der Waals surface area contributed by atoms with E-state index in [1.807, 2.05) is 4.90 Å². The second-order valence-electron chi connectivity index (χ2n) is 4.30. The fourth-order valence-corrected chi connectivity index (χ4v) is 2.34. The van der Waals surface area contributed by atoms with Crippen molar-refractivity contribution in [2.24, 2.45) is 0 Å². The van der Waals surface area contributed by atoms with Gasteiger partial charge >= 0.3 is 0 Å². The number of carbonyl (C=O) groups excluding carboxylic acids is 2. The largest absolute Gasteiger partial charge is 0.289 e. The minimum Gasteiger partial charge on any atom is -0.289 e. The van der Waals surface area contributed by atoms with Gasteiger partial charge in [-0.25, -0.2) is 4.90 Å². The lowest BCUT2D eigenvalue weighted by atomic mass is 10.2. The number of halogens is 1. The normalized spacial score (nSPS) is 24.5. The molecule has 1 aromatic carbocycles. The Labute approximate surface area is 104 Å². The molecule has 2 saturated heterocycles. The number of anilines is 1. The van der Waals surface area contributed by atoms with Crippen LogP contribution in [0.2, 0.25) is 5.02 Å². The van der Waals surface area contributed by atoms with Crippen molar-refractivity contribution in [2.75, 3.05) is 18.0 Å². The van der Waals surface area contributed by atoms with E-state index in [4.69, 9.17) is 11.6 Å². The number of benzene rings is 1. The summed E-state index contributed by atoms with van der Waals surface area (Å²) < 4.78 is 0. The monoisotopic (exact) mass is 250 g/mol. The van der Waals surface area contributed by atoms with E-state index in [-0.39, 0.29) is 24.3 Å². The van der Waals surface area contributed by atoms with E-state index in [1.165, 1.54) is 4.90 Å². The Hall–Kier alpha value is -1.39. The average molecular weight is 251 g/mol. The fraction of sp³-hybridized carbons (Fsp3) is 0.333. The Morgan fingerprint density at radius 1 is 1.24 bits per heavy atom. The van der Waals surface area contributed by atoms with Crippen molar-refractivity contribution in [3.63, 3.8) is 0 Å². The maximum absolute atomic E-state index is 12.1. The Morgan fingerprint density at radius 3 is 2.65 bits per heavy atom. The lowest BCUT2D eigenvalue weighted by Crippen LogP contribution is -2.34. The fourth-order valence-electron chi connectivity index (χ4n) is 2.16. The maximum atomic E-state index is 12.1. The van der Waals surface area contributed by atoms with Gasteiger partial charge < -0.3 is 0 Å². The maximum Gasteiger partial charge on any atom is 0.251 e. The van der Waals surface area contributed by atoms with Crippen molar-refractivity contribution in [1.29, 1.82) is 0 Å². The van der Waals surface area contributed by atoms with Gasteiger partial charge in [0.2, 0.25) is 5.91 Å². The van der Waals surface area contributed by atoms with Crippen molar-refractivity contribution >= 4 is 29.1 Å². The molecule has 0 bridgehead atoms. The molecule has 1 aromatic rings. The van der Waals surface area contributed by atoms with Crippen LogP contribution in [-0.2, 0) is 9.59 Å². The minimum atomic E-state index is -0.263. The van der Waals surface area contributed by atoms with Crippen LogP contribution in [0.4, 0.5) is 5.69 Å². The van der Waals surface area contributed by atoms with Crippen LogP contribution in [0.15, 0.2) is 24.3 Å². The van der Waals surface area contributed by atoms with Crippen LogP contribution in [-0.4, -0.2) is 35.8 Å². The lowest BCUT2D eigenvalue weighted by Gasteiger charge is -2.15. The molecule has 2 fully saturated rings. The molecule has 1 atom stereocenters. The molecule has 0 radical (unpaired) electrons. The van der Waals surface area contributed by atoms with Crippen LogP contribution in [0.3, 0.4) is 0 Å². The van der Waals surface area contributed by atoms with Gasteiger partial charge in [0.1, 0.15) is 0 Å². The molecule has 2 aliphatic heterocycles. The van der Waals surface area contributed by atoms with Gasteiger partial charge in [-0.3, -0.25) is 14.5 Å².